The van der Waals surface area contributed by atoms with Gasteiger partial charge in [0.2, 0.25) is 5.91 Å². The van der Waals surface area contributed by atoms with Crippen LogP contribution in [0.2, 0.25) is 0 Å². The van der Waals surface area contributed by atoms with Crippen LogP contribution < -0.4 is 10.6 Å². The summed E-state index contributed by atoms with van der Waals surface area (Å²) in [5.41, 5.74) is -0.291. The summed E-state index contributed by atoms with van der Waals surface area (Å²) in [5.74, 6) is -8.19. The van der Waals surface area contributed by atoms with E-state index in [2.05, 4.69) is 15.4 Å². The molecule has 3 fully saturated rings. The lowest BCUT2D eigenvalue weighted by molar-refractivity contribution is -0.381. The quantitative estimate of drug-likeness (QED) is 0.0363. The van der Waals surface area contributed by atoms with E-state index in [0.717, 1.165) is 44.4 Å². The number of methoxy groups -OCH3 is 1. The Hall–Kier alpha value is -3.90. The second-order valence-electron chi connectivity index (χ2n) is 16.0. The van der Waals surface area contributed by atoms with Crippen molar-refractivity contribution < 1.29 is 114 Å². The topological polar surface area (TPSA) is 400 Å². The number of phenols is 2. The number of carbonyl (C=O) groups excluding carboxylic acids is 3. The molecule has 0 bridgehead atoms. The molecule has 0 aliphatic carbocycles. The van der Waals surface area contributed by atoms with Crippen molar-refractivity contribution >= 4 is 23.8 Å². The van der Waals surface area contributed by atoms with E-state index in [1.54, 1.807) is 0 Å². The van der Waals surface area contributed by atoms with Crippen molar-refractivity contribution in [1.29, 1.82) is 0 Å². The second-order valence-corrected chi connectivity index (χ2v) is 16.0. The van der Waals surface area contributed by atoms with E-state index >= 15 is 0 Å². The molecule has 25 nitrogen and oxygen atoms in total. The van der Waals surface area contributed by atoms with Crippen molar-refractivity contribution in [3.05, 3.63) is 23.8 Å². The monoisotopic (exact) mass is 938 g/mol. The first kappa shape index (κ1) is 53.7. The van der Waals surface area contributed by atoms with Gasteiger partial charge in [0.25, 0.3) is 11.7 Å². The van der Waals surface area contributed by atoms with Gasteiger partial charge in [0.05, 0.1) is 39.1 Å². The van der Waals surface area contributed by atoms with Crippen LogP contribution in [0.4, 0.5) is 0 Å². The summed E-state index contributed by atoms with van der Waals surface area (Å²) >= 11 is 0. The Morgan fingerprint density at radius 3 is 1.95 bits per heavy atom. The van der Waals surface area contributed by atoms with Gasteiger partial charge in [0.1, 0.15) is 78.6 Å². The first-order valence-electron chi connectivity index (χ1n) is 21.1. The van der Waals surface area contributed by atoms with Gasteiger partial charge in [-0.25, -0.2) is 4.79 Å². The average molecular weight is 939 g/mol. The van der Waals surface area contributed by atoms with E-state index < -0.39 is 153 Å². The van der Waals surface area contributed by atoms with Gasteiger partial charge in [-0.2, -0.15) is 0 Å². The van der Waals surface area contributed by atoms with Crippen LogP contribution in [0.1, 0.15) is 68.6 Å². The fourth-order valence-electron chi connectivity index (χ4n) is 7.79. The molecule has 2 amide bonds. The maximum absolute atomic E-state index is 13.7. The maximum atomic E-state index is 13.7. The lowest BCUT2D eigenvalue weighted by atomic mass is 9.88. The molecule has 3 aliphatic rings. The van der Waals surface area contributed by atoms with Crippen molar-refractivity contribution in [2.45, 2.75) is 156 Å². The number of aliphatic hydroxyl groups excluding tert-OH is 9. The molecule has 0 saturated carbocycles. The second kappa shape index (κ2) is 24.7. The summed E-state index contributed by atoms with van der Waals surface area (Å²) in [5, 5.41) is 132. The van der Waals surface area contributed by atoms with E-state index in [4.69, 9.17) is 28.4 Å². The van der Waals surface area contributed by atoms with Gasteiger partial charge < -0.3 is 105 Å². The number of unbranched alkanes of at least 4 members (excludes halogenated alkanes) is 5. The van der Waals surface area contributed by atoms with Crippen molar-refractivity contribution in [2.24, 2.45) is 0 Å². The van der Waals surface area contributed by atoms with Crippen LogP contribution in [0.3, 0.4) is 0 Å². The summed E-state index contributed by atoms with van der Waals surface area (Å²) in [6, 6.07) is -0.238. The fraction of sp³-hybridized carbons (Fsp3) is 0.750. The summed E-state index contributed by atoms with van der Waals surface area (Å²) in [6.45, 7) is -1.97. The number of aliphatic carboxylic acids is 1. The minimum atomic E-state index is -3.12. The zero-order valence-corrected chi connectivity index (χ0v) is 35.7. The highest BCUT2D eigenvalue weighted by Crippen LogP contribution is 2.38. The Morgan fingerprint density at radius 2 is 1.38 bits per heavy atom. The predicted molar refractivity (Wildman–Crippen MR) is 213 cm³/mol. The van der Waals surface area contributed by atoms with E-state index in [1.165, 1.54) is 7.11 Å². The Balaban J connectivity index is 1.63. The molecule has 4 rings (SSSR count). The zero-order chi connectivity index (χ0) is 48.2. The molecule has 16 atom stereocenters. The number of carboxylic acids is 1. The van der Waals surface area contributed by atoms with Crippen LogP contribution in [0.15, 0.2) is 18.2 Å². The third kappa shape index (κ3) is 13.8. The van der Waals surface area contributed by atoms with Crippen molar-refractivity contribution in [3.8, 4) is 11.5 Å². The van der Waals surface area contributed by atoms with Gasteiger partial charge in [0.15, 0.2) is 12.6 Å². The van der Waals surface area contributed by atoms with Gasteiger partial charge in [-0.15, -0.1) is 0 Å². The number of hydrogen-bond acceptors (Lipinski definition) is 22. The van der Waals surface area contributed by atoms with Crippen molar-refractivity contribution in [3.63, 3.8) is 0 Å². The standard InChI is InChI=1S/C40H62N2O23/c1-18(46)41-27-22(49)14-40(39(57)58,64-34(27)29(52)23(50)15-43)65-35-31(54)25(17-45)62-38(32(35)55)63-33-28(42-36(56)19-11-20(47)13-21(48)12-19)37(61-24(16-44)30(33)53)60-10-8-6-4-3-5-7-9-26(51)59-2/h11-13,22-25,27-35,37-38,43-45,47-50,52-55H,3-10,14-17H2,1-2H3,(H,41,46)(H,42,56)(H,57,58)/t22?,23?,24?,25?,27-,28?,29?,30+,31-,32?,33?,34?,35?,37-,38?,40+/m1/s1. The molecule has 11 unspecified atom stereocenters. The number of aliphatic hydroxyl groups is 9. The molecule has 0 aromatic heterocycles. The highest BCUT2D eigenvalue weighted by molar-refractivity contribution is 5.95. The number of aromatic hydroxyl groups is 2. The highest BCUT2D eigenvalue weighted by Gasteiger charge is 2.60. The number of hydrogen-bond donors (Lipinski definition) is 14. The van der Waals surface area contributed by atoms with Crippen LogP contribution in [-0.4, -0.2) is 216 Å². The average Bonchev–Trinajstić information content (AvgIpc) is 3.26. The summed E-state index contributed by atoms with van der Waals surface area (Å²) in [7, 11) is 1.31. The van der Waals surface area contributed by atoms with Gasteiger partial charge in [-0.05, 0) is 25.0 Å². The molecule has 1 aromatic rings. The predicted octanol–water partition coefficient (Wildman–Crippen LogP) is -4.45. The first-order chi connectivity index (χ1) is 30.8. The van der Waals surface area contributed by atoms with Crippen LogP contribution in [0.25, 0.3) is 0 Å². The molecule has 3 saturated heterocycles. The SMILES string of the molecule is COC(=O)CCCCCCCCO[C@@H]1OC(CO)[C@H](O)C(OC2OC(CO)[C@@H](O)C(O[C@]3(C(=O)O)CC(O)[C@@H](NC(C)=O)C(C(O)C(O)CO)O3)C2O)C1NC(=O)c1cc(O)cc(O)c1. The van der Waals surface area contributed by atoms with E-state index in [9.17, 15) is 80.5 Å². The molecule has 3 aliphatic heterocycles. The van der Waals surface area contributed by atoms with Gasteiger partial charge in [0, 0.05) is 38.0 Å². The van der Waals surface area contributed by atoms with Crippen molar-refractivity contribution in [1.82, 2.24) is 10.6 Å². The smallest absolute Gasteiger partial charge is 0.364 e. The number of phenolic OH excluding ortho intramolecular Hbond substituents is 2. The Labute approximate surface area is 372 Å². The molecular formula is C40H62N2O23. The molecule has 65 heavy (non-hydrogen) atoms. The molecule has 370 valence electrons. The Morgan fingerprint density at radius 1 is 0.800 bits per heavy atom. The summed E-state index contributed by atoms with van der Waals surface area (Å²) in [4.78, 5) is 50.0. The van der Waals surface area contributed by atoms with Crippen LogP contribution in [0.5, 0.6) is 11.5 Å². The minimum Gasteiger partial charge on any atom is -0.508 e. The number of carbonyl (C=O) groups is 4. The van der Waals surface area contributed by atoms with E-state index in [-0.39, 0.29) is 18.1 Å². The molecule has 0 spiro atoms. The largest absolute Gasteiger partial charge is 0.508 e. The summed E-state index contributed by atoms with van der Waals surface area (Å²) in [6.07, 6.45) is -22.1. The molecule has 14 N–H and O–H groups in total. The number of rotatable bonds is 23. The minimum absolute atomic E-state index is 0.0126. The van der Waals surface area contributed by atoms with Crippen molar-refractivity contribution in [2.75, 3.05) is 33.5 Å². The lowest BCUT2D eigenvalue weighted by Crippen LogP contribution is -2.71. The number of carboxylic acid groups (broad SMARTS) is 1. The van der Waals surface area contributed by atoms with Crippen LogP contribution in [-0.2, 0) is 47.5 Å². The number of ether oxygens (including phenoxy) is 7. The van der Waals surface area contributed by atoms with E-state index in [1.807, 2.05) is 0 Å². The Kier molecular flexibility index (Phi) is 20.4. The third-order valence-electron chi connectivity index (χ3n) is 11.2. The van der Waals surface area contributed by atoms with Crippen LogP contribution >= 0.6 is 0 Å². The number of nitrogens with one attached hydrogen (secondary N) is 2. The normalized spacial score (nSPS) is 33.7. The molecule has 1 aromatic carbocycles. The first-order valence-corrected chi connectivity index (χ1v) is 21.1. The number of amides is 2. The number of benzene rings is 1. The zero-order valence-electron chi connectivity index (χ0n) is 35.7. The lowest BCUT2D eigenvalue weighted by Gasteiger charge is -2.51. The van der Waals surface area contributed by atoms with Gasteiger partial charge in [-0.3, -0.25) is 14.4 Å². The van der Waals surface area contributed by atoms with Crippen LogP contribution in [0, 0.1) is 0 Å². The Bertz CT molecular complexity index is 1690. The fourth-order valence-corrected chi connectivity index (χ4v) is 7.79. The highest BCUT2D eigenvalue weighted by atomic mass is 16.8. The number of esters is 1. The van der Waals surface area contributed by atoms with E-state index in [0.29, 0.717) is 25.7 Å². The third-order valence-corrected chi connectivity index (χ3v) is 11.2. The van der Waals surface area contributed by atoms with Gasteiger partial charge >= 0.3 is 11.9 Å². The maximum Gasteiger partial charge on any atom is 0.364 e. The molecular weight excluding hydrogens is 876 g/mol. The van der Waals surface area contributed by atoms with Gasteiger partial charge in [-0.1, -0.05) is 25.7 Å². The molecule has 25 heteroatoms. The molecule has 3 heterocycles. The molecule has 0 radical (unpaired) electrons. The summed E-state index contributed by atoms with van der Waals surface area (Å²) < 4.78 is 39.6.